The summed E-state index contributed by atoms with van der Waals surface area (Å²) in [6, 6.07) is 3.98. The van der Waals surface area contributed by atoms with Gasteiger partial charge in [0.05, 0.1) is 0 Å². The molecule has 2 aromatic rings. The molecule has 0 spiro atoms. The first-order chi connectivity index (χ1) is 12.9. The molecule has 144 valence electrons. The molecule has 1 saturated carbocycles. The minimum absolute atomic E-state index is 0.0121. The Morgan fingerprint density at radius 1 is 1.11 bits per heavy atom. The first-order valence-corrected chi connectivity index (χ1v) is 10.0. The van der Waals surface area contributed by atoms with Crippen LogP contribution in [0.2, 0.25) is 0 Å². The fraction of sp³-hybridized carbons (Fsp3) is 0.412. The lowest BCUT2D eigenvalue weighted by Crippen LogP contribution is -2.50. The van der Waals surface area contributed by atoms with Gasteiger partial charge in [0, 0.05) is 44.2 Å². The van der Waals surface area contributed by atoms with Crippen LogP contribution >= 0.6 is 0 Å². The molecule has 0 N–H and O–H groups in total. The van der Waals surface area contributed by atoms with E-state index in [0.29, 0.717) is 17.7 Å². The summed E-state index contributed by atoms with van der Waals surface area (Å²) in [5.74, 6) is -1.27. The van der Waals surface area contributed by atoms with Crippen molar-refractivity contribution >= 4 is 15.9 Å². The van der Waals surface area contributed by atoms with Crippen LogP contribution in [-0.4, -0.2) is 54.9 Å². The Kier molecular flexibility index (Phi) is 4.47. The molecule has 1 aliphatic heterocycles. The molecule has 2 fully saturated rings. The monoisotopic (exact) mass is 397 g/mol. The van der Waals surface area contributed by atoms with Crippen molar-refractivity contribution in [2.75, 3.05) is 26.2 Å². The Morgan fingerprint density at radius 3 is 2.44 bits per heavy atom. The lowest BCUT2D eigenvalue weighted by Gasteiger charge is -2.33. The Bertz CT molecular complexity index is 980. The molecule has 4 rings (SSSR count). The van der Waals surface area contributed by atoms with E-state index >= 15 is 0 Å². The molecule has 27 heavy (non-hydrogen) atoms. The molecule has 7 nitrogen and oxygen atoms in total. The summed E-state index contributed by atoms with van der Waals surface area (Å²) < 4.78 is 58.3. The van der Waals surface area contributed by atoms with Gasteiger partial charge in [0.2, 0.25) is 10.0 Å². The van der Waals surface area contributed by atoms with Gasteiger partial charge in [0.15, 0.2) is 5.69 Å². The fourth-order valence-corrected chi connectivity index (χ4v) is 4.53. The summed E-state index contributed by atoms with van der Waals surface area (Å²) in [4.78, 5) is 13.4. The van der Waals surface area contributed by atoms with E-state index in [1.165, 1.54) is 4.90 Å². The summed E-state index contributed by atoms with van der Waals surface area (Å²) in [6.07, 6.45) is 2.05. The molecule has 0 atom stereocenters. The van der Waals surface area contributed by atoms with Crippen LogP contribution in [0.3, 0.4) is 0 Å². The van der Waals surface area contributed by atoms with E-state index in [2.05, 4.69) is 5.16 Å². The maximum atomic E-state index is 13.9. The fourth-order valence-electron chi connectivity index (χ4n) is 3.07. The van der Waals surface area contributed by atoms with E-state index in [4.69, 9.17) is 4.52 Å². The van der Waals surface area contributed by atoms with Gasteiger partial charge in [0.25, 0.3) is 5.91 Å². The molecule has 10 heteroatoms. The van der Waals surface area contributed by atoms with Crippen LogP contribution in [-0.2, 0) is 10.0 Å². The standard InChI is InChI=1S/C17H17F2N3O4S/c18-12-3-4-16(13(19)9-12)27(24,25)22-7-5-21(6-8-22)17(23)14-10-15(26-20-14)11-1-2-11/h3-4,9-11H,1-2,5-8H2. The number of nitrogens with zero attached hydrogens (tertiary/aromatic N) is 3. The predicted octanol–water partition coefficient (Wildman–Crippen LogP) is 1.98. The zero-order valence-corrected chi connectivity index (χ0v) is 15.1. The second-order valence-electron chi connectivity index (χ2n) is 6.66. The number of halogens is 2. The summed E-state index contributed by atoms with van der Waals surface area (Å²) in [5, 5.41) is 3.80. The van der Waals surface area contributed by atoms with E-state index in [0.717, 1.165) is 29.3 Å². The third-order valence-electron chi connectivity index (χ3n) is 4.76. The van der Waals surface area contributed by atoms with Gasteiger partial charge < -0.3 is 9.42 Å². The van der Waals surface area contributed by atoms with E-state index in [1.54, 1.807) is 6.07 Å². The number of piperazine rings is 1. The average molecular weight is 397 g/mol. The normalized spacial score (nSPS) is 18.7. The number of hydrogen-bond acceptors (Lipinski definition) is 5. The third-order valence-corrected chi connectivity index (χ3v) is 6.70. The first-order valence-electron chi connectivity index (χ1n) is 8.57. The van der Waals surface area contributed by atoms with Gasteiger partial charge in [-0.05, 0) is 25.0 Å². The molecule has 0 bridgehead atoms. The molecular formula is C17H17F2N3O4S. The zero-order valence-electron chi connectivity index (χ0n) is 14.3. The molecule has 1 aromatic heterocycles. The molecule has 0 unspecified atom stereocenters. The maximum absolute atomic E-state index is 13.9. The number of carbonyl (C=O) groups is 1. The van der Waals surface area contributed by atoms with Crippen LogP contribution in [0.25, 0.3) is 0 Å². The summed E-state index contributed by atoms with van der Waals surface area (Å²) in [7, 11) is -4.10. The van der Waals surface area contributed by atoms with Gasteiger partial charge in [0.1, 0.15) is 22.3 Å². The van der Waals surface area contributed by atoms with E-state index in [-0.39, 0.29) is 37.8 Å². The van der Waals surface area contributed by atoms with Crippen LogP contribution in [0.4, 0.5) is 8.78 Å². The van der Waals surface area contributed by atoms with Crippen molar-refractivity contribution in [1.82, 2.24) is 14.4 Å². The van der Waals surface area contributed by atoms with Crippen LogP contribution in [0.1, 0.15) is 35.0 Å². The van der Waals surface area contributed by atoms with Crippen molar-refractivity contribution in [2.24, 2.45) is 0 Å². The lowest BCUT2D eigenvalue weighted by molar-refractivity contribution is 0.0687. The van der Waals surface area contributed by atoms with E-state index in [1.807, 2.05) is 0 Å². The van der Waals surface area contributed by atoms with Crippen molar-refractivity contribution < 1.29 is 26.5 Å². The first kappa shape index (κ1) is 18.1. The highest BCUT2D eigenvalue weighted by Crippen LogP contribution is 2.40. The SMILES string of the molecule is O=C(c1cc(C2CC2)on1)N1CCN(S(=O)(=O)c2ccc(F)cc2F)CC1. The van der Waals surface area contributed by atoms with Gasteiger partial charge in [-0.2, -0.15) is 4.31 Å². The lowest BCUT2D eigenvalue weighted by atomic mass is 10.2. The van der Waals surface area contributed by atoms with Gasteiger partial charge in [-0.25, -0.2) is 17.2 Å². The molecule has 1 amide bonds. The summed E-state index contributed by atoms with van der Waals surface area (Å²) in [6.45, 7) is 0.315. The van der Waals surface area contributed by atoms with E-state index < -0.39 is 26.6 Å². The van der Waals surface area contributed by atoms with E-state index in [9.17, 15) is 22.0 Å². The van der Waals surface area contributed by atoms with Gasteiger partial charge in [-0.1, -0.05) is 5.16 Å². The molecule has 1 saturated heterocycles. The summed E-state index contributed by atoms with van der Waals surface area (Å²) >= 11 is 0. The zero-order chi connectivity index (χ0) is 19.2. The highest BCUT2D eigenvalue weighted by molar-refractivity contribution is 7.89. The minimum Gasteiger partial charge on any atom is -0.360 e. The highest BCUT2D eigenvalue weighted by atomic mass is 32.2. The topological polar surface area (TPSA) is 83.7 Å². The largest absolute Gasteiger partial charge is 0.360 e. The van der Waals surface area contributed by atoms with Gasteiger partial charge in [-0.3, -0.25) is 4.79 Å². The molecular weight excluding hydrogens is 380 g/mol. The van der Waals surface area contributed by atoms with Crippen LogP contribution in [0, 0.1) is 11.6 Å². The van der Waals surface area contributed by atoms with Gasteiger partial charge in [-0.15, -0.1) is 0 Å². The van der Waals surface area contributed by atoms with Crippen molar-refractivity contribution in [3.8, 4) is 0 Å². The number of sulfonamides is 1. The van der Waals surface area contributed by atoms with Crippen molar-refractivity contribution in [1.29, 1.82) is 0 Å². The second kappa shape index (κ2) is 6.68. The molecule has 1 aliphatic carbocycles. The number of carbonyl (C=O) groups excluding carboxylic acids is 1. The van der Waals surface area contributed by atoms with Crippen LogP contribution < -0.4 is 0 Å². The molecule has 2 aliphatic rings. The Labute approximate surface area is 154 Å². The van der Waals surface area contributed by atoms with Crippen molar-refractivity contribution in [2.45, 2.75) is 23.7 Å². The predicted molar refractivity (Wildman–Crippen MR) is 89.5 cm³/mol. The van der Waals surface area contributed by atoms with Crippen LogP contribution in [0.5, 0.6) is 0 Å². The number of amides is 1. The Balaban J connectivity index is 1.43. The molecule has 0 radical (unpaired) electrons. The van der Waals surface area contributed by atoms with Gasteiger partial charge >= 0.3 is 0 Å². The van der Waals surface area contributed by atoms with Crippen molar-refractivity contribution in [3.05, 3.63) is 47.4 Å². The third kappa shape index (κ3) is 3.46. The quantitative estimate of drug-likeness (QED) is 0.788. The maximum Gasteiger partial charge on any atom is 0.276 e. The number of benzene rings is 1. The Morgan fingerprint density at radius 2 is 1.81 bits per heavy atom. The minimum atomic E-state index is -4.10. The smallest absolute Gasteiger partial charge is 0.276 e. The van der Waals surface area contributed by atoms with Crippen LogP contribution in [0.15, 0.2) is 33.7 Å². The number of rotatable bonds is 4. The molecule has 1 aromatic carbocycles. The average Bonchev–Trinajstić information content (AvgIpc) is 3.38. The Hall–Kier alpha value is -2.33. The number of hydrogen-bond donors (Lipinski definition) is 0. The summed E-state index contributed by atoms with van der Waals surface area (Å²) in [5.41, 5.74) is 0.206. The highest BCUT2D eigenvalue weighted by Gasteiger charge is 2.34. The number of aromatic nitrogens is 1. The molecule has 2 heterocycles. The van der Waals surface area contributed by atoms with Crippen molar-refractivity contribution in [3.63, 3.8) is 0 Å². The second-order valence-corrected chi connectivity index (χ2v) is 8.57.